The molecular formula is C16H20FN5O2. The Balaban J connectivity index is 1.79. The van der Waals surface area contributed by atoms with Gasteiger partial charge in [-0.25, -0.2) is 9.37 Å². The molecule has 8 heteroatoms. The van der Waals surface area contributed by atoms with Gasteiger partial charge in [-0.05, 0) is 12.1 Å². The predicted molar refractivity (Wildman–Crippen MR) is 88.7 cm³/mol. The second-order valence-electron chi connectivity index (χ2n) is 5.53. The summed E-state index contributed by atoms with van der Waals surface area (Å²) in [6.45, 7) is 3.89. The van der Waals surface area contributed by atoms with E-state index in [0.29, 0.717) is 23.9 Å². The summed E-state index contributed by atoms with van der Waals surface area (Å²) >= 11 is 0. The van der Waals surface area contributed by atoms with E-state index in [1.54, 1.807) is 12.1 Å². The quantitative estimate of drug-likeness (QED) is 0.847. The number of piperazine rings is 1. The molecule has 1 aromatic carbocycles. The van der Waals surface area contributed by atoms with Crippen LogP contribution in [0.5, 0.6) is 11.5 Å². The average Bonchev–Trinajstić information content (AvgIpc) is 2.58. The van der Waals surface area contributed by atoms with Crippen LogP contribution in [0.3, 0.4) is 0 Å². The number of ether oxygens (including phenoxy) is 1. The van der Waals surface area contributed by atoms with Crippen molar-refractivity contribution >= 4 is 11.8 Å². The Morgan fingerprint density at radius 2 is 2.04 bits per heavy atom. The van der Waals surface area contributed by atoms with Gasteiger partial charge in [-0.2, -0.15) is 4.98 Å². The normalized spacial score (nSPS) is 15.5. The van der Waals surface area contributed by atoms with Crippen molar-refractivity contribution < 1.29 is 14.2 Å². The van der Waals surface area contributed by atoms with Gasteiger partial charge in [0.2, 0.25) is 5.95 Å². The highest BCUT2D eigenvalue weighted by molar-refractivity contribution is 5.55. The lowest BCUT2D eigenvalue weighted by Crippen LogP contribution is -2.47. The minimum atomic E-state index is -0.372. The second-order valence-corrected chi connectivity index (χ2v) is 5.53. The summed E-state index contributed by atoms with van der Waals surface area (Å²) in [6.07, 6.45) is 1.50. The molecule has 1 aliphatic heterocycles. The lowest BCUT2D eigenvalue weighted by atomic mass is 10.3. The van der Waals surface area contributed by atoms with Crippen molar-refractivity contribution in [3.63, 3.8) is 0 Å². The van der Waals surface area contributed by atoms with E-state index in [-0.39, 0.29) is 18.4 Å². The molecule has 0 unspecified atom stereocenters. The van der Waals surface area contributed by atoms with Crippen molar-refractivity contribution in [2.45, 2.75) is 0 Å². The molecule has 128 valence electrons. The Hall–Kier alpha value is -2.45. The Morgan fingerprint density at radius 1 is 1.25 bits per heavy atom. The lowest BCUT2D eigenvalue weighted by Gasteiger charge is -2.35. The molecule has 2 heterocycles. The van der Waals surface area contributed by atoms with E-state index < -0.39 is 0 Å². The largest absolute Gasteiger partial charge is 0.452 e. The number of aromatic nitrogens is 2. The van der Waals surface area contributed by atoms with Gasteiger partial charge in [-0.15, -0.1) is 0 Å². The fourth-order valence-electron chi connectivity index (χ4n) is 2.66. The standard InChI is InChI=1S/C16H20FN5O2/c17-12-2-1-3-13(10-12)24-14-11-19-16(18)20-15(14)22-6-4-21(5-7-22)8-9-23/h1-3,10-11,23H,4-9H2,(H2,18,19,20). The molecule has 1 aliphatic rings. The molecule has 1 saturated heterocycles. The number of hydrogen-bond donors (Lipinski definition) is 2. The highest BCUT2D eigenvalue weighted by Crippen LogP contribution is 2.31. The molecule has 0 atom stereocenters. The summed E-state index contributed by atoms with van der Waals surface area (Å²) < 4.78 is 19.1. The van der Waals surface area contributed by atoms with Crippen molar-refractivity contribution in [1.82, 2.24) is 14.9 Å². The van der Waals surface area contributed by atoms with E-state index in [2.05, 4.69) is 19.8 Å². The average molecular weight is 333 g/mol. The van der Waals surface area contributed by atoms with Gasteiger partial charge in [0.1, 0.15) is 11.6 Å². The Labute approximate surface area is 139 Å². The van der Waals surface area contributed by atoms with Gasteiger partial charge >= 0.3 is 0 Å². The number of hydrogen-bond acceptors (Lipinski definition) is 7. The van der Waals surface area contributed by atoms with Crippen LogP contribution in [0.2, 0.25) is 0 Å². The van der Waals surface area contributed by atoms with Gasteiger partial charge in [-0.1, -0.05) is 6.07 Å². The fourth-order valence-corrected chi connectivity index (χ4v) is 2.66. The lowest BCUT2D eigenvalue weighted by molar-refractivity contribution is 0.188. The first-order valence-corrected chi connectivity index (χ1v) is 7.80. The minimum Gasteiger partial charge on any atom is -0.452 e. The van der Waals surface area contributed by atoms with Crippen molar-refractivity contribution in [2.24, 2.45) is 0 Å². The number of β-amino-alcohol motifs (C(OH)–C–C–N with tert-alkyl or cyclic N) is 1. The number of nitrogen functional groups attached to an aromatic ring is 1. The Bertz CT molecular complexity index is 692. The van der Waals surface area contributed by atoms with E-state index >= 15 is 0 Å². The number of nitrogens with two attached hydrogens (primary N) is 1. The molecule has 7 nitrogen and oxygen atoms in total. The molecule has 2 aromatic rings. The second kappa shape index (κ2) is 7.41. The molecule has 24 heavy (non-hydrogen) atoms. The van der Waals surface area contributed by atoms with Crippen LogP contribution in [-0.2, 0) is 0 Å². The fraction of sp³-hybridized carbons (Fsp3) is 0.375. The molecular weight excluding hydrogens is 313 g/mol. The van der Waals surface area contributed by atoms with Gasteiger partial charge in [0.15, 0.2) is 11.6 Å². The van der Waals surface area contributed by atoms with E-state index in [0.717, 1.165) is 26.2 Å². The zero-order valence-corrected chi connectivity index (χ0v) is 13.2. The van der Waals surface area contributed by atoms with Crippen LogP contribution in [-0.4, -0.2) is 59.3 Å². The third-order valence-corrected chi connectivity index (χ3v) is 3.87. The molecule has 1 fully saturated rings. The van der Waals surface area contributed by atoms with Crippen LogP contribution in [0.4, 0.5) is 16.2 Å². The summed E-state index contributed by atoms with van der Waals surface area (Å²) in [4.78, 5) is 12.5. The topological polar surface area (TPSA) is 87.7 Å². The van der Waals surface area contributed by atoms with Crippen LogP contribution in [0.25, 0.3) is 0 Å². The Kier molecular flexibility index (Phi) is 5.07. The van der Waals surface area contributed by atoms with Gasteiger partial charge in [0.05, 0.1) is 12.8 Å². The first kappa shape index (κ1) is 16.4. The molecule has 0 spiro atoms. The highest BCUT2D eigenvalue weighted by Gasteiger charge is 2.21. The minimum absolute atomic E-state index is 0.147. The summed E-state index contributed by atoms with van der Waals surface area (Å²) in [7, 11) is 0. The number of anilines is 2. The molecule has 1 aromatic heterocycles. The zero-order valence-electron chi connectivity index (χ0n) is 13.2. The summed E-state index contributed by atoms with van der Waals surface area (Å²) in [5, 5.41) is 9.03. The van der Waals surface area contributed by atoms with Gasteiger partial charge in [0.25, 0.3) is 0 Å². The number of aliphatic hydroxyl groups excluding tert-OH is 1. The molecule has 0 radical (unpaired) electrons. The van der Waals surface area contributed by atoms with Crippen LogP contribution < -0.4 is 15.4 Å². The van der Waals surface area contributed by atoms with Gasteiger partial charge < -0.3 is 20.5 Å². The predicted octanol–water partition coefficient (Wildman–Crippen LogP) is 1.10. The maximum Gasteiger partial charge on any atom is 0.222 e. The SMILES string of the molecule is Nc1ncc(Oc2cccc(F)c2)c(N2CCN(CCO)CC2)n1. The van der Waals surface area contributed by atoms with Crippen LogP contribution in [0.1, 0.15) is 0 Å². The third kappa shape index (κ3) is 3.90. The van der Waals surface area contributed by atoms with Crippen LogP contribution in [0.15, 0.2) is 30.5 Å². The monoisotopic (exact) mass is 333 g/mol. The Morgan fingerprint density at radius 3 is 2.75 bits per heavy atom. The number of rotatable bonds is 5. The summed E-state index contributed by atoms with van der Waals surface area (Å²) in [6, 6.07) is 5.91. The molecule has 3 rings (SSSR count). The van der Waals surface area contributed by atoms with Gasteiger partial charge in [-0.3, -0.25) is 4.90 Å². The van der Waals surface area contributed by atoms with E-state index in [1.807, 2.05) is 0 Å². The van der Waals surface area contributed by atoms with Crippen LogP contribution in [0, 0.1) is 5.82 Å². The van der Waals surface area contributed by atoms with Crippen molar-refractivity contribution in [3.05, 3.63) is 36.3 Å². The first-order valence-electron chi connectivity index (χ1n) is 7.80. The van der Waals surface area contributed by atoms with Crippen LogP contribution >= 0.6 is 0 Å². The van der Waals surface area contributed by atoms with Crippen molar-refractivity contribution in [1.29, 1.82) is 0 Å². The maximum absolute atomic E-state index is 13.3. The van der Waals surface area contributed by atoms with Gasteiger partial charge in [0, 0.05) is 38.8 Å². The number of nitrogens with zero attached hydrogens (tertiary/aromatic N) is 4. The smallest absolute Gasteiger partial charge is 0.222 e. The zero-order chi connectivity index (χ0) is 16.9. The number of halogens is 1. The molecule has 0 aliphatic carbocycles. The first-order chi connectivity index (χ1) is 11.7. The molecule has 0 saturated carbocycles. The van der Waals surface area contributed by atoms with Crippen molar-refractivity contribution in [3.8, 4) is 11.5 Å². The summed E-state index contributed by atoms with van der Waals surface area (Å²) in [5.41, 5.74) is 5.72. The molecule has 0 bridgehead atoms. The van der Waals surface area contributed by atoms with E-state index in [1.165, 1.54) is 18.3 Å². The summed E-state index contributed by atoms with van der Waals surface area (Å²) in [5.74, 6) is 1.20. The van der Waals surface area contributed by atoms with E-state index in [9.17, 15) is 4.39 Å². The third-order valence-electron chi connectivity index (χ3n) is 3.87. The molecule has 0 amide bonds. The maximum atomic E-state index is 13.3. The molecule has 3 N–H and O–H groups in total. The number of benzene rings is 1. The highest BCUT2D eigenvalue weighted by atomic mass is 19.1. The number of aliphatic hydroxyl groups is 1. The van der Waals surface area contributed by atoms with E-state index in [4.69, 9.17) is 15.6 Å². The van der Waals surface area contributed by atoms with Crippen molar-refractivity contribution in [2.75, 3.05) is 50.0 Å².